The number of amides is 1. The topological polar surface area (TPSA) is 81.1 Å². The predicted octanol–water partition coefficient (Wildman–Crippen LogP) is 5.86. The minimum absolute atomic E-state index is 0.225. The van der Waals surface area contributed by atoms with Crippen LogP contribution in [0.5, 0.6) is 5.75 Å². The standard InChI is InChI=1S/C27H24BrN5O2/c1-17-8-10-19(11-9-17)15-35-23-13-12-20(28)14-22(23)25-24(18(2)31-27-29-16-30-33(25)27)26(34)32-21-6-4-3-5-7-21/h3-14,16,25H,15H2,1-2H3,(H,32,34)(H,29,30,31). The molecule has 1 aliphatic heterocycles. The molecule has 0 fully saturated rings. The number of para-hydroxylation sites is 1. The van der Waals surface area contributed by atoms with Crippen molar-refractivity contribution >= 4 is 33.5 Å². The van der Waals surface area contributed by atoms with Crippen molar-refractivity contribution in [3.8, 4) is 5.75 Å². The minimum atomic E-state index is -0.539. The van der Waals surface area contributed by atoms with Gasteiger partial charge in [-0.3, -0.25) is 4.79 Å². The van der Waals surface area contributed by atoms with Gasteiger partial charge in [-0.2, -0.15) is 10.1 Å². The van der Waals surface area contributed by atoms with Crippen LogP contribution in [-0.4, -0.2) is 20.7 Å². The highest BCUT2D eigenvalue weighted by molar-refractivity contribution is 9.10. The normalized spacial score (nSPS) is 14.8. The quantitative estimate of drug-likeness (QED) is 0.327. The van der Waals surface area contributed by atoms with E-state index >= 15 is 0 Å². The number of benzene rings is 3. The molecule has 1 aliphatic rings. The zero-order valence-electron chi connectivity index (χ0n) is 19.3. The van der Waals surface area contributed by atoms with Crippen LogP contribution < -0.4 is 15.4 Å². The molecule has 2 heterocycles. The highest BCUT2D eigenvalue weighted by atomic mass is 79.9. The van der Waals surface area contributed by atoms with Gasteiger partial charge in [0.1, 0.15) is 24.7 Å². The van der Waals surface area contributed by atoms with E-state index in [0.29, 0.717) is 35.3 Å². The van der Waals surface area contributed by atoms with Gasteiger partial charge in [-0.1, -0.05) is 64.0 Å². The van der Waals surface area contributed by atoms with Gasteiger partial charge in [-0.05, 0) is 49.7 Å². The number of halogens is 1. The Labute approximate surface area is 212 Å². The van der Waals surface area contributed by atoms with Crippen LogP contribution in [0.1, 0.15) is 29.7 Å². The Kier molecular flexibility index (Phi) is 6.37. The molecule has 1 aromatic heterocycles. The number of carbonyl (C=O) groups is 1. The number of aromatic nitrogens is 3. The molecule has 2 N–H and O–H groups in total. The monoisotopic (exact) mass is 529 g/mol. The van der Waals surface area contributed by atoms with Crippen molar-refractivity contribution in [1.82, 2.24) is 14.8 Å². The van der Waals surface area contributed by atoms with Crippen molar-refractivity contribution < 1.29 is 9.53 Å². The van der Waals surface area contributed by atoms with E-state index < -0.39 is 6.04 Å². The number of nitrogens with one attached hydrogen (secondary N) is 2. The molecule has 0 bridgehead atoms. The first kappa shape index (κ1) is 22.9. The van der Waals surface area contributed by atoms with E-state index in [-0.39, 0.29) is 5.91 Å². The number of nitrogens with zero attached hydrogens (tertiary/aromatic N) is 3. The Morgan fingerprint density at radius 2 is 1.86 bits per heavy atom. The lowest BCUT2D eigenvalue weighted by Gasteiger charge is -2.30. The van der Waals surface area contributed by atoms with Gasteiger partial charge >= 0.3 is 0 Å². The molecular weight excluding hydrogens is 506 g/mol. The summed E-state index contributed by atoms with van der Waals surface area (Å²) in [6, 6.07) is 22.9. The van der Waals surface area contributed by atoms with Crippen molar-refractivity contribution in [2.24, 2.45) is 0 Å². The molecule has 1 atom stereocenters. The molecular formula is C27H24BrN5O2. The van der Waals surface area contributed by atoms with E-state index in [0.717, 1.165) is 15.6 Å². The van der Waals surface area contributed by atoms with E-state index in [9.17, 15) is 4.79 Å². The van der Waals surface area contributed by atoms with E-state index in [1.807, 2.05) is 55.5 Å². The SMILES string of the molecule is CC1=C(C(=O)Nc2ccccc2)C(c2cc(Br)ccc2OCc2ccc(C)cc2)n2ncnc2N1. The first-order valence-electron chi connectivity index (χ1n) is 11.2. The van der Waals surface area contributed by atoms with Crippen LogP contribution in [0.2, 0.25) is 0 Å². The maximum Gasteiger partial charge on any atom is 0.255 e. The summed E-state index contributed by atoms with van der Waals surface area (Å²) in [7, 11) is 0. The third-order valence-electron chi connectivity index (χ3n) is 5.85. The lowest BCUT2D eigenvalue weighted by Crippen LogP contribution is -2.31. The summed E-state index contributed by atoms with van der Waals surface area (Å²) >= 11 is 3.59. The number of ether oxygens (including phenoxy) is 1. The zero-order chi connectivity index (χ0) is 24.4. The van der Waals surface area contributed by atoms with Crippen molar-refractivity contribution in [3.05, 3.63) is 112 Å². The van der Waals surface area contributed by atoms with Gasteiger partial charge in [0.15, 0.2) is 0 Å². The highest BCUT2D eigenvalue weighted by Gasteiger charge is 2.35. The number of hydrogen-bond donors (Lipinski definition) is 2. The molecule has 7 nitrogen and oxygen atoms in total. The highest BCUT2D eigenvalue weighted by Crippen LogP contribution is 2.40. The molecule has 4 aromatic rings. The molecule has 1 unspecified atom stereocenters. The van der Waals surface area contributed by atoms with Crippen LogP contribution in [0, 0.1) is 6.92 Å². The molecule has 0 saturated heterocycles. The van der Waals surface area contributed by atoms with Crippen LogP contribution in [0.15, 0.2) is 94.9 Å². The molecule has 0 radical (unpaired) electrons. The molecule has 0 saturated carbocycles. The van der Waals surface area contributed by atoms with E-state index in [1.54, 1.807) is 4.68 Å². The van der Waals surface area contributed by atoms with E-state index in [1.165, 1.54) is 11.9 Å². The third-order valence-corrected chi connectivity index (χ3v) is 6.35. The fourth-order valence-electron chi connectivity index (χ4n) is 4.10. The van der Waals surface area contributed by atoms with Crippen molar-refractivity contribution in [2.45, 2.75) is 26.5 Å². The average Bonchev–Trinajstić information content (AvgIpc) is 3.32. The first-order valence-corrected chi connectivity index (χ1v) is 12.0. The minimum Gasteiger partial charge on any atom is -0.489 e. The van der Waals surface area contributed by atoms with Crippen LogP contribution in [-0.2, 0) is 11.4 Å². The number of hydrogen-bond acceptors (Lipinski definition) is 5. The number of carbonyl (C=O) groups excluding carboxylic acids is 1. The molecule has 35 heavy (non-hydrogen) atoms. The molecule has 8 heteroatoms. The molecule has 0 spiro atoms. The van der Waals surface area contributed by atoms with Crippen molar-refractivity contribution in [3.63, 3.8) is 0 Å². The van der Waals surface area contributed by atoms with Crippen LogP contribution in [0.4, 0.5) is 11.6 Å². The Hall–Kier alpha value is -3.91. The summed E-state index contributed by atoms with van der Waals surface area (Å²) < 4.78 is 8.87. The second kappa shape index (κ2) is 9.76. The van der Waals surface area contributed by atoms with Gasteiger partial charge in [0.05, 0.1) is 5.57 Å². The Morgan fingerprint density at radius 3 is 2.63 bits per heavy atom. The number of aryl methyl sites for hydroxylation is 1. The van der Waals surface area contributed by atoms with Crippen LogP contribution in [0.25, 0.3) is 0 Å². The first-order chi connectivity index (χ1) is 17.0. The fraction of sp³-hybridized carbons (Fsp3) is 0.148. The number of anilines is 2. The summed E-state index contributed by atoms with van der Waals surface area (Å²) in [5, 5.41) is 10.7. The van der Waals surface area contributed by atoms with Gasteiger partial charge in [-0.25, -0.2) is 4.68 Å². The average molecular weight is 530 g/mol. The van der Waals surface area contributed by atoms with Gasteiger partial charge in [-0.15, -0.1) is 0 Å². The van der Waals surface area contributed by atoms with Gasteiger partial charge < -0.3 is 15.4 Å². The smallest absolute Gasteiger partial charge is 0.255 e. The van der Waals surface area contributed by atoms with Crippen LogP contribution >= 0.6 is 15.9 Å². The second-order valence-corrected chi connectivity index (χ2v) is 9.29. The molecule has 3 aromatic carbocycles. The Balaban J connectivity index is 1.54. The van der Waals surface area contributed by atoms with E-state index in [2.05, 4.69) is 67.8 Å². The number of rotatable bonds is 6. The summed E-state index contributed by atoms with van der Waals surface area (Å²) in [6.45, 7) is 4.33. The number of allylic oxidation sites excluding steroid dienone is 1. The summed E-state index contributed by atoms with van der Waals surface area (Å²) in [5.41, 5.74) is 5.01. The Bertz CT molecular complexity index is 1400. The summed E-state index contributed by atoms with van der Waals surface area (Å²) in [5.74, 6) is 1.00. The second-order valence-electron chi connectivity index (χ2n) is 8.37. The van der Waals surface area contributed by atoms with Crippen molar-refractivity contribution in [1.29, 1.82) is 0 Å². The van der Waals surface area contributed by atoms with Gasteiger partial charge in [0, 0.05) is 21.4 Å². The molecule has 1 amide bonds. The van der Waals surface area contributed by atoms with Crippen molar-refractivity contribution in [2.75, 3.05) is 10.6 Å². The maximum absolute atomic E-state index is 13.6. The van der Waals surface area contributed by atoms with Crippen LogP contribution in [0.3, 0.4) is 0 Å². The lowest BCUT2D eigenvalue weighted by molar-refractivity contribution is -0.113. The predicted molar refractivity (Wildman–Crippen MR) is 139 cm³/mol. The fourth-order valence-corrected chi connectivity index (χ4v) is 4.48. The van der Waals surface area contributed by atoms with Gasteiger partial charge in [0.2, 0.25) is 5.95 Å². The number of fused-ring (bicyclic) bond motifs is 1. The lowest BCUT2D eigenvalue weighted by atomic mass is 9.94. The zero-order valence-corrected chi connectivity index (χ0v) is 20.9. The van der Waals surface area contributed by atoms with E-state index in [4.69, 9.17) is 4.74 Å². The third kappa shape index (κ3) is 4.83. The largest absolute Gasteiger partial charge is 0.489 e. The van der Waals surface area contributed by atoms with Gasteiger partial charge in [0.25, 0.3) is 5.91 Å². The maximum atomic E-state index is 13.6. The molecule has 176 valence electrons. The molecule has 5 rings (SSSR count). The summed E-state index contributed by atoms with van der Waals surface area (Å²) in [4.78, 5) is 17.9. The summed E-state index contributed by atoms with van der Waals surface area (Å²) in [6.07, 6.45) is 1.48. The molecule has 0 aliphatic carbocycles. The Morgan fingerprint density at radius 1 is 1.09 bits per heavy atom.